The van der Waals surface area contributed by atoms with E-state index in [4.69, 9.17) is 0 Å². The summed E-state index contributed by atoms with van der Waals surface area (Å²) in [6.45, 7) is 3.01. The number of hydrogen-bond donors (Lipinski definition) is 1. The van der Waals surface area contributed by atoms with Gasteiger partial charge in [-0.1, -0.05) is 31.0 Å². The summed E-state index contributed by atoms with van der Waals surface area (Å²) in [4.78, 5) is 13.7. The largest absolute Gasteiger partial charge is 0.325 e. The van der Waals surface area contributed by atoms with Crippen LogP contribution in [0.4, 0.5) is 5.69 Å². The van der Waals surface area contributed by atoms with Crippen LogP contribution >= 0.6 is 11.8 Å². The second-order valence-corrected chi connectivity index (χ2v) is 10.3. The van der Waals surface area contributed by atoms with E-state index in [1.54, 1.807) is 28.6 Å². The summed E-state index contributed by atoms with van der Waals surface area (Å²) < 4.78 is 27.2. The highest BCUT2D eigenvalue weighted by atomic mass is 32.2. The number of thioether (sulfide) groups is 1. The third-order valence-electron chi connectivity index (χ3n) is 4.75. The molecule has 1 saturated heterocycles. The Morgan fingerprint density at radius 3 is 2.18 bits per heavy atom. The summed E-state index contributed by atoms with van der Waals surface area (Å²) in [6.07, 6.45) is 3.97. The van der Waals surface area contributed by atoms with Gasteiger partial charge in [-0.2, -0.15) is 4.31 Å². The second kappa shape index (κ2) is 9.58. The van der Waals surface area contributed by atoms with Gasteiger partial charge >= 0.3 is 0 Å². The third-order valence-corrected chi connectivity index (χ3v) is 7.77. The number of carbonyl (C=O) groups excluding carboxylic acids is 1. The smallest absolute Gasteiger partial charge is 0.243 e. The molecule has 0 radical (unpaired) electrons. The van der Waals surface area contributed by atoms with Gasteiger partial charge < -0.3 is 5.32 Å². The molecule has 1 atom stereocenters. The molecule has 7 heteroatoms. The lowest BCUT2D eigenvalue weighted by atomic mass is 10.2. The zero-order valence-electron chi connectivity index (χ0n) is 16.0. The number of amides is 1. The Kier molecular flexibility index (Phi) is 7.15. The number of nitrogens with one attached hydrogen (secondary N) is 1. The standard InChI is InChI=1S/C21H26N2O3S2/c1-17(27-19-9-5-4-6-10-19)21(24)22-18-11-13-20(14-12-18)28(25,26)23-15-7-2-3-8-16-23/h4-6,9-14,17H,2-3,7-8,15-16H2,1H3,(H,22,24)/t17-/m1/s1. The molecular weight excluding hydrogens is 392 g/mol. The molecule has 5 nitrogen and oxygen atoms in total. The molecule has 0 aromatic heterocycles. The van der Waals surface area contributed by atoms with Crippen molar-refractivity contribution in [3.8, 4) is 0 Å². The van der Waals surface area contributed by atoms with Gasteiger partial charge in [-0.25, -0.2) is 8.42 Å². The van der Waals surface area contributed by atoms with Crippen molar-refractivity contribution in [2.24, 2.45) is 0 Å². The van der Waals surface area contributed by atoms with E-state index in [0.717, 1.165) is 30.6 Å². The molecule has 0 unspecified atom stereocenters. The first kappa shape index (κ1) is 20.9. The van der Waals surface area contributed by atoms with Gasteiger partial charge in [0, 0.05) is 23.7 Å². The summed E-state index contributed by atoms with van der Waals surface area (Å²) in [5, 5.41) is 2.60. The predicted octanol–water partition coefficient (Wildman–Crippen LogP) is 4.37. The van der Waals surface area contributed by atoms with Gasteiger partial charge in [-0.3, -0.25) is 4.79 Å². The normalized spacial score (nSPS) is 16.9. The number of hydrogen-bond acceptors (Lipinski definition) is 4. The number of carbonyl (C=O) groups is 1. The molecular formula is C21H26N2O3S2. The summed E-state index contributed by atoms with van der Waals surface area (Å²) >= 11 is 1.48. The van der Waals surface area contributed by atoms with E-state index in [0.29, 0.717) is 18.8 Å². The molecule has 2 aromatic carbocycles. The monoisotopic (exact) mass is 418 g/mol. The van der Waals surface area contributed by atoms with Gasteiger partial charge in [0.15, 0.2) is 0 Å². The molecule has 1 N–H and O–H groups in total. The van der Waals surface area contributed by atoms with Crippen LogP contribution in [-0.2, 0) is 14.8 Å². The Bertz CT molecular complexity index is 876. The van der Waals surface area contributed by atoms with Crippen molar-refractivity contribution < 1.29 is 13.2 Å². The molecule has 1 aliphatic rings. The molecule has 150 valence electrons. The Morgan fingerprint density at radius 2 is 1.57 bits per heavy atom. The van der Waals surface area contributed by atoms with Crippen LogP contribution in [0.15, 0.2) is 64.4 Å². The molecule has 3 rings (SSSR count). The topological polar surface area (TPSA) is 66.5 Å². The highest BCUT2D eigenvalue weighted by Gasteiger charge is 2.25. The van der Waals surface area contributed by atoms with Crippen LogP contribution in [0.3, 0.4) is 0 Å². The molecule has 28 heavy (non-hydrogen) atoms. The Labute approximate surface area is 171 Å². The Morgan fingerprint density at radius 1 is 0.964 bits per heavy atom. The van der Waals surface area contributed by atoms with Gasteiger partial charge in [-0.05, 0) is 56.2 Å². The van der Waals surface area contributed by atoms with Crippen LogP contribution < -0.4 is 5.32 Å². The zero-order valence-corrected chi connectivity index (χ0v) is 17.6. The van der Waals surface area contributed by atoms with Crippen molar-refractivity contribution in [1.29, 1.82) is 0 Å². The lowest BCUT2D eigenvalue weighted by Crippen LogP contribution is -2.31. The van der Waals surface area contributed by atoms with Crippen LogP contribution in [0.25, 0.3) is 0 Å². The van der Waals surface area contributed by atoms with Gasteiger partial charge in [0.2, 0.25) is 15.9 Å². The maximum absolute atomic E-state index is 12.8. The number of benzene rings is 2. The van der Waals surface area contributed by atoms with Crippen LogP contribution in [0.1, 0.15) is 32.6 Å². The molecule has 0 aliphatic carbocycles. The maximum Gasteiger partial charge on any atom is 0.243 e. The van der Waals surface area contributed by atoms with E-state index in [1.165, 1.54) is 11.8 Å². The van der Waals surface area contributed by atoms with E-state index in [2.05, 4.69) is 5.32 Å². The van der Waals surface area contributed by atoms with Crippen molar-refractivity contribution in [3.63, 3.8) is 0 Å². The second-order valence-electron chi connectivity index (χ2n) is 6.91. The Hall–Kier alpha value is -1.83. The lowest BCUT2D eigenvalue weighted by molar-refractivity contribution is -0.115. The molecule has 1 fully saturated rings. The number of sulfonamides is 1. The Balaban J connectivity index is 1.62. The van der Waals surface area contributed by atoms with Gasteiger partial charge in [-0.15, -0.1) is 11.8 Å². The number of anilines is 1. The molecule has 0 bridgehead atoms. The van der Waals surface area contributed by atoms with Crippen LogP contribution in [0, 0.1) is 0 Å². The SMILES string of the molecule is C[C@@H](Sc1ccccc1)C(=O)Nc1ccc(S(=O)(=O)N2CCCCCC2)cc1. The number of nitrogens with zero attached hydrogens (tertiary/aromatic N) is 1. The van der Waals surface area contributed by atoms with Gasteiger partial charge in [0.05, 0.1) is 10.1 Å². The van der Waals surface area contributed by atoms with E-state index in [-0.39, 0.29) is 16.1 Å². The number of rotatable bonds is 6. The fourth-order valence-corrected chi connectivity index (χ4v) is 5.55. The van der Waals surface area contributed by atoms with Crippen molar-refractivity contribution in [2.75, 3.05) is 18.4 Å². The van der Waals surface area contributed by atoms with Crippen LogP contribution in [0.5, 0.6) is 0 Å². The minimum Gasteiger partial charge on any atom is -0.325 e. The minimum absolute atomic E-state index is 0.114. The fraction of sp³-hybridized carbons (Fsp3) is 0.381. The van der Waals surface area contributed by atoms with E-state index < -0.39 is 10.0 Å². The first-order valence-electron chi connectivity index (χ1n) is 9.59. The fourth-order valence-electron chi connectivity index (χ4n) is 3.14. The zero-order chi connectivity index (χ0) is 20.0. The molecule has 2 aromatic rings. The van der Waals surface area contributed by atoms with E-state index in [1.807, 2.05) is 37.3 Å². The molecule has 1 aliphatic heterocycles. The highest BCUT2D eigenvalue weighted by molar-refractivity contribution is 8.00. The maximum atomic E-state index is 12.8. The minimum atomic E-state index is -3.47. The first-order chi connectivity index (χ1) is 13.5. The van der Waals surface area contributed by atoms with E-state index >= 15 is 0 Å². The van der Waals surface area contributed by atoms with Crippen molar-refractivity contribution in [2.45, 2.75) is 47.6 Å². The molecule has 1 heterocycles. The lowest BCUT2D eigenvalue weighted by Gasteiger charge is -2.20. The summed E-state index contributed by atoms with van der Waals surface area (Å²) in [7, 11) is -3.47. The molecule has 0 saturated carbocycles. The van der Waals surface area contributed by atoms with Gasteiger partial charge in [0.25, 0.3) is 0 Å². The van der Waals surface area contributed by atoms with Crippen molar-refractivity contribution in [1.82, 2.24) is 4.31 Å². The first-order valence-corrected chi connectivity index (χ1v) is 11.9. The average molecular weight is 419 g/mol. The summed E-state index contributed by atoms with van der Waals surface area (Å²) in [6, 6.07) is 16.2. The summed E-state index contributed by atoms with van der Waals surface area (Å²) in [5.74, 6) is -0.114. The van der Waals surface area contributed by atoms with Crippen LogP contribution in [0.2, 0.25) is 0 Å². The van der Waals surface area contributed by atoms with E-state index in [9.17, 15) is 13.2 Å². The van der Waals surface area contributed by atoms with Crippen molar-refractivity contribution in [3.05, 3.63) is 54.6 Å². The predicted molar refractivity (Wildman–Crippen MR) is 114 cm³/mol. The third kappa shape index (κ3) is 5.37. The average Bonchev–Trinajstić information content (AvgIpc) is 2.99. The molecule has 0 spiro atoms. The molecule has 1 amide bonds. The summed E-state index contributed by atoms with van der Waals surface area (Å²) in [5.41, 5.74) is 0.598. The quantitative estimate of drug-likeness (QED) is 0.708. The van der Waals surface area contributed by atoms with Gasteiger partial charge in [0.1, 0.15) is 0 Å². The van der Waals surface area contributed by atoms with Crippen LogP contribution in [-0.4, -0.2) is 37.0 Å². The highest BCUT2D eigenvalue weighted by Crippen LogP contribution is 2.25. The van der Waals surface area contributed by atoms with Crippen molar-refractivity contribution >= 4 is 33.4 Å².